The molecule has 2 aliphatic rings. The molecule has 4 N–H and O–H groups in total. The molecule has 2 aliphatic heterocycles. The van der Waals surface area contributed by atoms with Gasteiger partial charge in [0.1, 0.15) is 18.8 Å². The first-order chi connectivity index (χ1) is 17.9. The fourth-order valence-corrected chi connectivity index (χ4v) is 6.60. The molecule has 5 rings (SSSR count). The molecule has 190 valence electrons. The van der Waals surface area contributed by atoms with Crippen LogP contribution in [0.4, 0.5) is 5.13 Å². The summed E-state index contributed by atoms with van der Waals surface area (Å²) in [5.74, 6) is -2.10. The molecule has 0 spiro atoms. The van der Waals surface area contributed by atoms with Gasteiger partial charge < -0.3 is 21.0 Å². The minimum atomic E-state index is -1.22. The van der Waals surface area contributed by atoms with Crippen LogP contribution >= 0.6 is 34.6 Å². The van der Waals surface area contributed by atoms with Crippen molar-refractivity contribution in [1.82, 2.24) is 19.6 Å². The Morgan fingerprint density at radius 1 is 1.43 bits per heavy atom. The van der Waals surface area contributed by atoms with Gasteiger partial charge >= 0.3 is 5.97 Å². The smallest absolute Gasteiger partial charge is 0.353 e. The second-order valence-corrected chi connectivity index (χ2v) is 10.6. The molecule has 0 aromatic carbocycles. The van der Waals surface area contributed by atoms with E-state index in [0.29, 0.717) is 17.2 Å². The fraction of sp³-hybridized carbons (Fsp3) is 0.227. The Morgan fingerprint density at radius 3 is 3.00 bits per heavy atom. The number of carbonyl (C=O) groups excluding carboxylic acids is 2. The van der Waals surface area contributed by atoms with Gasteiger partial charge in [0.2, 0.25) is 11.5 Å². The molecule has 0 saturated carbocycles. The molecule has 0 aliphatic carbocycles. The summed E-state index contributed by atoms with van der Waals surface area (Å²) in [5.41, 5.74) is 5.25. The minimum absolute atomic E-state index is 0.0295. The zero-order chi connectivity index (χ0) is 26.1. The number of carboxylic acid groups (broad SMARTS) is 1. The Kier molecular flexibility index (Phi) is 6.90. The van der Waals surface area contributed by atoms with Crippen molar-refractivity contribution in [2.75, 3.05) is 18.6 Å². The number of hydrogen-bond acceptors (Lipinski definition) is 11. The second kappa shape index (κ2) is 10.3. The third kappa shape index (κ3) is 4.68. The lowest BCUT2D eigenvalue weighted by molar-refractivity contribution is -0.658. The van der Waals surface area contributed by atoms with Crippen molar-refractivity contribution in [1.29, 1.82) is 0 Å². The van der Waals surface area contributed by atoms with Gasteiger partial charge in [-0.2, -0.15) is 13.9 Å². The fourth-order valence-electron chi connectivity index (χ4n) is 4.07. The number of amides is 2. The lowest BCUT2D eigenvalue weighted by Gasteiger charge is -2.49. The number of nitrogens with two attached hydrogens (primary N) is 1. The third-order valence-corrected chi connectivity index (χ3v) is 8.35. The Bertz CT molecular complexity index is 1490. The predicted octanol–water partition coefficient (Wildman–Crippen LogP) is 0.968. The molecule has 5 heterocycles. The number of aromatic nitrogens is 3. The van der Waals surface area contributed by atoms with E-state index in [9.17, 15) is 19.5 Å². The first kappa shape index (κ1) is 24.9. The van der Waals surface area contributed by atoms with Crippen LogP contribution < -0.4 is 15.6 Å². The van der Waals surface area contributed by atoms with Crippen molar-refractivity contribution in [3.63, 3.8) is 0 Å². The van der Waals surface area contributed by atoms with E-state index < -0.39 is 29.9 Å². The number of allylic oxidation sites excluding steroid dienone is 2. The molecular weight excluding hydrogens is 538 g/mol. The molecule has 2 amide bonds. The Labute approximate surface area is 222 Å². The third-order valence-electron chi connectivity index (χ3n) is 5.69. The predicted molar refractivity (Wildman–Crippen MR) is 139 cm³/mol. The highest BCUT2D eigenvalue weighted by atomic mass is 32.2. The summed E-state index contributed by atoms with van der Waals surface area (Å²) in [4.78, 5) is 49.4. The van der Waals surface area contributed by atoms with Gasteiger partial charge in [-0.15, -0.1) is 11.8 Å². The van der Waals surface area contributed by atoms with Crippen molar-refractivity contribution in [3.05, 3.63) is 58.4 Å². The van der Waals surface area contributed by atoms with E-state index in [-0.39, 0.29) is 22.4 Å². The summed E-state index contributed by atoms with van der Waals surface area (Å²) >= 11 is 3.83. The molecule has 37 heavy (non-hydrogen) atoms. The highest BCUT2D eigenvalue weighted by molar-refractivity contribution is 8.03. The van der Waals surface area contributed by atoms with Crippen molar-refractivity contribution >= 4 is 73.5 Å². The van der Waals surface area contributed by atoms with Crippen LogP contribution in [0.1, 0.15) is 5.82 Å². The van der Waals surface area contributed by atoms with Gasteiger partial charge in [-0.05, 0) is 29.7 Å². The average Bonchev–Trinajstić information content (AvgIpc) is 3.54. The first-order valence-electron chi connectivity index (χ1n) is 10.9. The highest BCUT2D eigenvalue weighted by Gasteiger charge is 2.54. The van der Waals surface area contributed by atoms with E-state index in [1.165, 1.54) is 23.8 Å². The first-order valence-corrected chi connectivity index (χ1v) is 13.5. The zero-order valence-electron chi connectivity index (χ0n) is 19.2. The normalized spacial score (nSPS) is 19.8. The molecule has 0 radical (unpaired) electrons. The monoisotopic (exact) mass is 558 g/mol. The highest BCUT2D eigenvalue weighted by Crippen LogP contribution is 2.39. The van der Waals surface area contributed by atoms with Gasteiger partial charge in [0.05, 0.1) is 11.4 Å². The maximum absolute atomic E-state index is 13.0. The van der Waals surface area contributed by atoms with Crippen LogP contribution in [0.15, 0.2) is 57.7 Å². The number of fused-ring (bicyclic) bond motifs is 2. The van der Waals surface area contributed by atoms with Gasteiger partial charge in [-0.25, -0.2) is 4.79 Å². The van der Waals surface area contributed by atoms with E-state index in [1.54, 1.807) is 17.4 Å². The summed E-state index contributed by atoms with van der Waals surface area (Å²) in [6.45, 7) is 0.543. The Hall–Kier alpha value is -3.82. The number of pyridine rings is 1. The molecular formula is C22H20N7O5S3+. The van der Waals surface area contributed by atoms with E-state index in [2.05, 4.69) is 24.4 Å². The summed E-state index contributed by atoms with van der Waals surface area (Å²) in [6.07, 6.45) is 5.56. The number of oxime groups is 1. The Balaban J connectivity index is 1.32. The van der Waals surface area contributed by atoms with Crippen molar-refractivity contribution in [2.45, 2.75) is 18.6 Å². The topological polar surface area (TPSA) is 164 Å². The number of thiophene rings is 1. The van der Waals surface area contributed by atoms with E-state index >= 15 is 0 Å². The van der Waals surface area contributed by atoms with Gasteiger partial charge in [0.15, 0.2) is 17.9 Å². The van der Waals surface area contributed by atoms with Gasteiger partial charge in [0.25, 0.3) is 16.6 Å². The minimum Gasteiger partial charge on any atom is -0.477 e. The molecule has 3 aromatic rings. The molecule has 3 aromatic heterocycles. The SMILES string of the molecule is CON=C(C(=O)NC1C(=O)N2C(C(=O)O)=C(C=CC[n+]3cccc4ccsc43)SCC12)c1nsc(N)n1. The van der Waals surface area contributed by atoms with Crippen LogP contribution in [0.3, 0.4) is 0 Å². The number of aliphatic carboxylic acids is 1. The van der Waals surface area contributed by atoms with E-state index in [1.807, 2.05) is 35.9 Å². The lowest BCUT2D eigenvalue weighted by Crippen LogP contribution is -2.73. The number of rotatable bonds is 8. The van der Waals surface area contributed by atoms with Gasteiger partial charge in [0, 0.05) is 28.3 Å². The van der Waals surface area contributed by atoms with Crippen LogP contribution in [-0.2, 0) is 25.8 Å². The number of nitrogens with one attached hydrogen (secondary N) is 1. The number of thioether (sulfide) groups is 1. The molecule has 2 unspecified atom stereocenters. The van der Waals surface area contributed by atoms with E-state index in [4.69, 9.17) is 10.6 Å². The summed E-state index contributed by atoms with van der Waals surface area (Å²) in [6, 6.07) is 4.58. The summed E-state index contributed by atoms with van der Waals surface area (Å²) in [5, 5.41) is 19.5. The molecule has 2 atom stereocenters. The lowest BCUT2D eigenvalue weighted by atomic mass is 9.94. The second-order valence-electron chi connectivity index (χ2n) is 7.88. The maximum Gasteiger partial charge on any atom is 0.353 e. The van der Waals surface area contributed by atoms with Gasteiger partial charge in [-0.3, -0.25) is 14.5 Å². The quantitative estimate of drug-likeness (QED) is 0.158. The zero-order valence-corrected chi connectivity index (χ0v) is 21.7. The number of nitrogens with zero attached hydrogens (tertiary/aromatic N) is 5. The number of carbonyl (C=O) groups is 3. The van der Waals surface area contributed by atoms with Crippen LogP contribution in [0.25, 0.3) is 10.2 Å². The summed E-state index contributed by atoms with van der Waals surface area (Å²) < 4.78 is 6.02. The molecule has 12 nitrogen and oxygen atoms in total. The Morgan fingerprint density at radius 2 is 2.27 bits per heavy atom. The van der Waals surface area contributed by atoms with Crippen LogP contribution in [0, 0.1) is 0 Å². The van der Waals surface area contributed by atoms with Crippen molar-refractivity contribution in [3.8, 4) is 0 Å². The number of β-lactam (4-membered cyclic amide) rings is 1. The number of carboxylic acids is 1. The van der Waals surface area contributed by atoms with E-state index in [0.717, 1.165) is 21.7 Å². The molecule has 1 fully saturated rings. The van der Waals surface area contributed by atoms with Crippen LogP contribution in [0.2, 0.25) is 0 Å². The van der Waals surface area contributed by atoms with Crippen LogP contribution in [-0.4, -0.2) is 67.8 Å². The molecule has 15 heteroatoms. The number of anilines is 1. The summed E-state index contributed by atoms with van der Waals surface area (Å²) in [7, 11) is 1.26. The van der Waals surface area contributed by atoms with Gasteiger partial charge in [-0.1, -0.05) is 16.5 Å². The molecule has 0 bridgehead atoms. The number of nitrogen functional groups attached to an aromatic ring is 1. The maximum atomic E-state index is 13.0. The average molecular weight is 559 g/mol. The molecule has 1 saturated heterocycles. The van der Waals surface area contributed by atoms with Crippen molar-refractivity contribution < 1.29 is 28.9 Å². The number of hydrogen-bond donors (Lipinski definition) is 3. The van der Waals surface area contributed by atoms with Crippen molar-refractivity contribution in [2.24, 2.45) is 5.16 Å². The van der Waals surface area contributed by atoms with Crippen LogP contribution in [0.5, 0.6) is 0 Å². The largest absolute Gasteiger partial charge is 0.477 e. The standard InChI is InChI=1S/C22H19N7O5S3/c1-34-26-15(17-25-22(23)37-27-17)18(30)24-14-12-10-36-13(16(21(32)33)29(12)19(14)31)5-3-8-28-7-2-4-11-6-9-35-20(11)28/h2-7,9,12,14H,8,10H2,1H3,(H3-,23,24,25,27,30,32,33)/p+1.